The van der Waals surface area contributed by atoms with Gasteiger partial charge in [0.2, 0.25) is 0 Å². The number of Topliss-reactive ketones (excluding diaryl/α,β-unsaturated/α-hetero) is 1. The quantitative estimate of drug-likeness (QED) is 0.594. The first-order chi connectivity index (χ1) is 14.5. The van der Waals surface area contributed by atoms with Crippen LogP contribution in [0.3, 0.4) is 0 Å². The van der Waals surface area contributed by atoms with Crippen LogP contribution in [0.1, 0.15) is 15.9 Å². The minimum absolute atomic E-state index is 0.0505. The monoisotopic (exact) mass is 403 g/mol. The van der Waals surface area contributed by atoms with Gasteiger partial charge in [-0.3, -0.25) is 14.5 Å². The van der Waals surface area contributed by atoms with E-state index in [0.717, 1.165) is 40.7 Å². The topological polar surface area (TPSA) is 88.4 Å². The minimum Gasteiger partial charge on any atom is -0.379 e. The van der Waals surface area contributed by atoms with Gasteiger partial charge in [0.25, 0.3) is 5.91 Å². The molecule has 1 aliphatic rings. The van der Waals surface area contributed by atoms with Crippen molar-refractivity contribution in [1.82, 2.24) is 9.88 Å². The first-order valence-corrected chi connectivity index (χ1v) is 10.0. The number of nitrogens with two attached hydrogens (primary N) is 1. The van der Waals surface area contributed by atoms with Crippen molar-refractivity contribution in [2.75, 3.05) is 32.8 Å². The molecule has 0 unspecified atom stereocenters. The summed E-state index contributed by atoms with van der Waals surface area (Å²) in [5.41, 5.74) is 10.2. The molecule has 1 aliphatic heterocycles. The number of aromatic nitrogens is 1. The fraction of sp³-hybridized carbons (Fsp3) is 0.250. The van der Waals surface area contributed by atoms with Gasteiger partial charge >= 0.3 is 0 Å². The molecule has 4 rings (SSSR count). The van der Waals surface area contributed by atoms with Crippen molar-refractivity contribution in [3.05, 3.63) is 71.9 Å². The number of benzene rings is 2. The van der Waals surface area contributed by atoms with Crippen LogP contribution in [0.4, 0.5) is 0 Å². The Bertz CT molecular complexity index is 1110. The number of morpholine rings is 1. The van der Waals surface area contributed by atoms with Crippen LogP contribution in [0.25, 0.3) is 22.0 Å². The van der Waals surface area contributed by atoms with Gasteiger partial charge in [0, 0.05) is 43.2 Å². The molecule has 1 amide bonds. The van der Waals surface area contributed by atoms with Gasteiger partial charge < -0.3 is 15.5 Å². The molecule has 154 valence electrons. The van der Waals surface area contributed by atoms with Crippen LogP contribution in [0.2, 0.25) is 0 Å². The van der Waals surface area contributed by atoms with E-state index in [9.17, 15) is 9.59 Å². The lowest BCUT2D eigenvalue weighted by molar-refractivity contribution is -0.115. The number of nitrogens with zero attached hydrogens (tertiary/aromatic N) is 1. The minimum atomic E-state index is -0.466. The number of rotatable bonds is 7. The van der Waals surface area contributed by atoms with Crippen LogP contribution in [-0.4, -0.2) is 54.4 Å². The van der Waals surface area contributed by atoms with Crippen molar-refractivity contribution in [2.24, 2.45) is 5.73 Å². The van der Waals surface area contributed by atoms with E-state index in [0.29, 0.717) is 37.3 Å². The maximum Gasteiger partial charge on any atom is 0.250 e. The Labute approximate surface area is 175 Å². The molecule has 6 heteroatoms. The number of ether oxygens (including phenoxy) is 1. The zero-order chi connectivity index (χ0) is 21.1. The van der Waals surface area contributed by atoms with Gasteiger partial charge in [0.15, 0.2) is 5.78 Å². The SMILES string of the molecule is C=C(CN1CCOCC1)C(=O)Cc1cccc(-c2ccc(C(N)=O)c3[nH]ccc23)c1. The first kappa shape index (κ1) is 20.1. The van der Waals surface area contributed by atoms with Gasteiger partial charge in [0.1, 0.15) is 0 Å². The Hall–Kier alpha value is -3.22. The third-order valence-corrected chi connectivity index (χ3v) is 5.50. The molecule has 0 spiro atoms. The maximum absolute atomic E-state index is 12.7. The molecule has 2 heterocycles. The molecule has 3 N–H and O–H groups in total. The Morgan fingerprint density at radius 2 is 1.93 bits per heavy atom. The normalized spacial score (nSPS) is 14.7. The van der Waals surface area contributed by atoms with Gasteiger partial charge in [-0.05, 0) is 28.8 Å². The van der Waals surface area contributed by atoms with Crippen LogP contribution in [0.5, 0.6) is 0 Å². The predicted octanol–water partition coefficient (Wildman–Crippen LogP) is 2.93. The summed E-state index contributed by atoms with van der Waals surface area (Å²) in [4.78, 5) is 29.7. The number of carbonyl (C=O) groups is 2. The van der Waals surface area contributed by atoms with Crippen LogP contribution in [0, 0.1) is 0 Å². The number of ketones is 1. The van der Waals surface area contributed by atoms with Gasteiger partial charge in [-0.15, -0.1) is 0 Å². The van der Waals surface area contributed by atoms with Crippen molar-refractivity contribution in [3.8, 4) is 11.1 Å². The third kappa shape index (κ3) is 4.20. The lowest BCUT2D eigenvalue weighted by Crippen LogP contribution is -2.38. The molecular weight excluding hydrogens is 378 g/mol. The average Bonchev–Trinajstić information content (AvgIpc) is 3.23. The fourth-order valence-corrected chi connectivity index (χ4v) is 3.89. The van der Waals surface area contributed by atoms with E-state index < -0.39 is 5.91 Å². The summed E-state index contributed by atoms with van der Waals surface area (Å²) in [7, 11) is 0. The number of nitrogens with one attached hydrogen (secondary N) is 1. The summed E-state index contributed by atoms with van der Waals surface area (Å²) in [6.45, 7) is 7.65. The molecule has 1 aromatic heterocycles. The lowest BCUT2D eigenvalue weighted by atomic mass is 9.95. The zero-order valence-corrected chi connectivity index (χ0v) is 16.8. The summed E-state index contributed by atoms with van der Waals surface area (Å²) >= 11 is 0. The van der Waals surface area contributed by atoms with Gasteiger partial charge in [0.05, 0.1) is 24.3 Å². The Morgan fingerprint density at radius 3 is 2.70 bits per heavy atom. The highest BCUT2D eigenvalue weighted by molar-refractivity contribution is 6.09. The molecular formula is C24H25N3O3. The molecule has 0 bridgehead atoms. The second-order valence-electron chi connectivity index (χ2n) is 7.58. The molecule has 30 heavy (non-hydrogen) atoms. The summed E-state index contributed by atoms with van der Waals surface area (Å²) in [6, 6.07) is 13.5. The van der Waals surface area contributed by atoms with Crippen molar-refractivity contribution in [1.29, 1.82) is 0 Å². The summed E-state index contributed by atoms with van der Waals surface area (Å²) < 4.78 is 5.35. The van der Waals surface area contributed by atoms with E-state index in [1.165, 1.54) is 0 Å². The van der Waals surface area contributed by atoms with Gasteiger partial charge in [-0.25, -0.2) is 0 Å². The second-order valence-corrected chi connectivity index (χ2v) is 7.58. The molecule has 3 aromatic rings. The van der Waals surface area contributed by atoms with Gasteiger partial charge in [-0.1, -0.05) is 36.9 Å². The number of hydrogen-bond donors (Lipinski definition) is 2. The van der Waals surface area contributed by atoms with E-state index in [4.69, 9.17) is 10.5 Å². The van der Waals surface area contributed by atoms with E-state index in [1.807, 2.05) is 36.4 Å². The van der Waals surface area contributed by atoms with Crippen molar-refractivity contribution in [2.45, 2.75) is 6.42 Å². The molecule has 1 fully saturated rings. The molecule has 0 saturated carbocycles. The third-order valence-electron chi connectivity index (χ3n) is 5.50. The predicted molar refractivity (Wildman–Crippen MR) is 117 cm³/mol. The maximum atomic E-state index is 12.7. The number of H-pyrrole nitrogens is 1. The molecule has 0 aliphatic carbocycles. The highest BCUT2D eigenvalue weighted by Crippen LogP contribution is 2.31. The largest absolute Gasteiger partial charge is 0.379 e. The van der Waals surface area contributed by atoms with Crippen LogP contribution >= 0.6 is 0 Å². The average molecular weight is 403 g/mol. The van der Waals surface area contributed by atoms with E-state index >= 15 is 0 Å². The van der Waals surface area contributed by atoms with Crippen molar-refractivity contribution >= 4 is 22.6 Å². The lowest BCUT2D eigenvalue weighted by Gasteiger charge is -2.26. The molecule has 2 aromatic carbocycles. The summed E-state index contributed by atoms with van der Waals surface area (Å²) in [5.74, 6) is -0.415. The molecule has 0 atom stereocenters. The van der Waals surface area contributed by atoms with Crippen LogP contribution in [0.15, 0.2) is 60.8 Å². The summed E-state index contributed by atoms with van der Waals surface area (Å²) in [6.07, 6.45) is 2.11. The smallest absolute Gasteiger partial charge is 0.250 e. The van der Waals surface area contributed by atoms with Crippen molar-refractivity contribution < 1.29 is 14.3 Å². The fourth-order valence-electron chi connectivity index (χ4n) is 3.89. The number of primary amides is 1. The summed E-state index contributed by atoms with van der Waals surface area (Å²) in [5, 5.41) is 0.923. The van der Waals surface area contributed by atoms with E-state index in [-0.39, 0.29) is 5.78 Å². The number of amides is 1. The number of fused-ring (bicyclic) bond motifs is 1. The molecule has 1 saturated heterocycles. The van der Waals surface area contributed by atoms with E-state index in [1.54, 1.807) is 12.3 Å². The Morgan fingerprint density at radius 1 is 1.13 bits per heavy atom. The van der Waals surface area contributed by atoms with Gasteiger partial charge in [-0.2, -0.15) is 0 Å². The Kier molecular flexibility index (Phi) is 5.79. The number of hydrogen-bond acceptors (Lipinski definition) is 4. The number of carbonyl (C=O) groups excluding carboxylic acids is 2. The van der Waals surface area contributed by atoms with Crippen LogP contribution < -0.4 is 5.73 Å². The molecule has 6 nitrogen and oxygen atoms in total. The molecule has 0 radical (unpaired) electrons. The highest BCUT2D eigenvalue weighted by atomic mass is 16.5. The standard InChI is InChI=1S/C24H25N3O3/c1-16(15-27-9-11-30-12-10-27)22(28)14-17-3-2-4-18(13-17)19-5-6-21(24(25)29)23-20(19)7-8-26-23/h2-8,13,26H,1,9-12,14-15H2,(H2,25,29). The van der Waals surface area contributed by atoms with Crippen LogP contribution in [-0.2, 0) is 16.0 Å². The second kappa shape index (κ2) is 8.65. The van der Waals surface area contributed by atoms with Crippen molar-refractivity contribution in [3.63, 3.8) is 0 Å². The Balaban J connectivity index is 1.53. The first-order valence-electron chi connectivity index (χ1n) is 10.0. The van der Waals surface area contributed by atoms with E-state index in [2.05, 4.69) is 16.5 Å². The highest BCUT2D eigenvalue weighted by Gasteiger charge is 2.16. The number of aromatic amines is 1. The zero-order valence-electron chi connectivity index (χ0n) is 16.8.